The summed E-state index contributed by atoms with van der Waals surface area (Å²) in [5.74, 6) is -0.241. The molecule has 0 aromatic heterocycles. The van der Waals surface area contributed by atoms with Gasteiger partial charge in [-0.1, -0.05) is 19.4 Å². The molecule has 0 fully saturated rings. The summed E-state index contributed by atoms with van der Waals surface area (Å²) < 4.78 is 0. The number of hydrogen-bond acceptors (Lipinski definition) is 1. The van der Waals surface area contributed by atoms with Gasteiger partial charge in [0.2, 0.25) is 0 Å². The average molecular weight is 222 g/mol. The van der Waals surface area contributed by atoms with Crippen molar-refractivity contribution in [1.82, 2.24) is 0 Å². The van der Waals surface area contributed by atoms with Crippen molar-refractivity contribution >= 4 is 5.97 Å². The van der Waals surface area contributed by atoms with E-state index in [0.29, 0.717) is 11.5 Å². The second kappa shape index (κ2) is 5.33. The van der Waals surface area contributed by atoms with Crippen LogP contribution in [0.1, 0.15) is 53.4 Å². The number of rotatable bonds is 3. The van der Waals surface area contributed by atoms with Gasteiger partial charge in [0.1, 0.15) is 0 Å². The summed E-state index contributed by atoms with van der Waals surface area (Å²) in [7, 11) is 0. The second-order valence-corrected chi connectivity index (χ2v) is 4.93. The maximum Gasteiger partial charge on any atom is 0.331 e. The molecule has 16 heavy (non-hydrogen) atoms. The van der Waals surface area contributed by atoms with Gasteiger partial charge in [-0.15, -0.1) is 0 Å². The molecule has 0 unspecified atom stereocenters. The highest BCUT2D eigenvalue weighted by molar-refractivity contribution is 5.88. The van der Waals surface area contributed by atoms with Gasteiger partial charge in [-0.2, -0.15) is 0 Å². The Labute approximate surface area is 98.1 Å². The first-order valence-corrected chi connectivity index (χ1v) is 6.08. The van der Waals surface area contributed by atoms with Gasteiger partial charge in [-0.25, -0.2) is 4.79 Å². The van der Waals surface area contributed by atoms with Crippen molar-refractivity contribution in [3.05, 3.63) is 22.3 Å². The Kier molecular flexibility index (Phi) is 4.34. The Hall–Kier alpha value is -1.05. The van der Waals surface area contributed by atoms with Crippen molar-refractivity contribution in [2.75, 3.05) is 0 Å². The van der Waals surface area contributed by atoms with E-state index in [4.69, 9.17) is 0 Å². The molecule has 0 atom stereocenters. The zero-order valence-corrected chi connectivity index (χ0v) is 10.8. The van der Waals surface area contributed by atoms with Gasteiger partial charge in [-0.3, -0.25) is 0 Å². The fourth-order valence-electron chi connectivity index (χ4n) is 2.23. The Bertz CT molecular complexity index is 346. The molecule has 0 spiro atoms. The Morgan fingerprint density at radius 1 is 1.12 bits per heavy atom. The molecule has 0 aromatic carbocycles. The fraction of sp³-hybridized carbons (Fsp3) is 0.643. The Balaban J connectivity index is 3.17. The standard InChI is InChI=1S/C14H22O2/c1-9(2)10(3)11(4)12-7-5-6-8-13(12)14(15)16/h9H,5-8H2,1-4H3,(H,15,16). The minimum atomic E-state index is -0.731. The van der Waals surface area contributed by atoms with Gasteiger partial charge in [0.15, 0.2) is 0 Å². The lowest BCUT2D eigenvalue weighted by molar-refractivity contribution is -0.132. The van der Waals surface area contributed by atoms with Gasteiger partial charge in [0, 0.05) is 5.57 Å². The predicted molar refractivity (Wildman–Crippen MR) is 66.3 cm³/mol. The smallest absolute Gasteiger partial charge is 0.331 e. The molecule has 0 radical (unpaired) electrons. The van der Waals surface area contributed by atoms with Gasteiger partial charge < -0.3 is 5.11 Å². The normalized spacial score (nSPS) is 18.8. The average Bonchev–Trinajstić information content (AvgIpc) is 2.26. The largest absolute Gasteiger partial charge is 0.478 e. The number of aliphatic carboxylic acids is 1. The van der Waals surface area contributed by atoms with Crippen molar-refractivity contribution in [2.45, 2.75) is 53.4 Å². The summed E-state index contributed by atoms with van der Waals surface area (Å²) >= 11 is 0. The molecule has 2 nitrogen and oxygen atoms in total. The minimum Gasteiger partial charge on any atom is -0.478 e. The first kappa shape index (κ1) is 13.0. The number of carboxylic acid groups (broad SMARTS) is 1. The number of carbonyl (C=O) groups is 1. The van der Waals surface area contributed by atoms with Crippen LogP contribution in [0.4, 0.5) is 0 Å². The summed E-state index contributed by atoms with van der Waals surface area (Å²) in [6.45, 7) is 8.49. The highest BCUT2D eigenvalue weighted by Gasteiger charge is 2.20. The van der Waals surface area contributed by atoms with Crippen molar-refractivity contribution in [2.24, 2.45) is 5.92 Å². The van der Waals surface area contributed by atoms with E-state index < -0.39 is 5.97 Å². The van der Waals surface area contributed by atoms with Crippen molar-refractivity contribution in [3.63, 3.8) is 0 Å². The molecular formula is C14H22O2. The minimum absolute atomic E-state index is 0.490. The summed E-state index contributed by atoms with van der Waals surface area (Å²) in [6.07, 6.45) is 3.79. The maximum absolute atomic E-state index is 11.2. The highest BCUT2D eigenvalue weighted by atomic mass is 16.4. The molecule has 0 aliphatic heterocycles. The lowest BCUT2D eigenvalue weighted by Crippen LogP contribution is -2.11. The van der Waals surface area contributed by atoms with Crippen LogP contribution in [-0.4, -0.2) is 11.1 Å². The topological polar surface area (TPSA) is 37.3 Å². The summed E-state index contributed by atoms with van der Waals surface area (Å²) in [5, 5.41) is 9.20. The van der Waals surface area contributed by atoms with E-state index in [0.717, 1.165) is 31.3 Å². The lowest BCUT2D eigenvalue weighted by Gasteiger charge is -2.21. The zero-order chi connectivity index (χ0) is 12.3. The molecule has 0 saturated heterocycles. The number of hydrogen-bond donors (Lipinski definition) is 1. The van der Waals surface area contributed by atoms with Crippen molar-refractivity contribution < 1.29 is 9.90 Å². The van der Waals surface area contributed by atoms with Crippen LogP contribution in [0.25, 0.3) is 0 Å². The van der Waals surface area contributed by atoms with Crippen molar-refractivity contribution in [1.29, 1.82) is 0 Å². The van der Waals surface area contributed by atoms with E-state index >= 15 is 0 Å². The lowest BCUT2D eigenvalue weighted by atomic mass is 9.84. The first-order valence-electron chi connectivity index (χ1n) is 6.08. The van der Waals surface area contributed by atoms with Crippen LogP contribution in [-0.2, 0) is 4.79 Å². The van der Waals surface area contributed by atoms with E-state index in [-0.39, 0.29) is 0 Å². The van der Waals surface area contributed by atoms with Gasteiger partial charge in [-0.05, 0) is 56.6 Å². The number of carboxylic acids is 1. The molecule has 0 amide bonds. The van der Waals surface area contributed by atoms with Crippen LogP contribution in [0.15, 0.2) is 22.3 Å². The van der Waals surface area contributed by atoms with Crippen molar-refractivity contribution in [3.8, 4) is 0 Å². The SMILES string of the molecule is CC(C1=C(C(=O)O)CCCC1)=C(C)C(C)C. The van der Waals surface area contributed by atoms with Crippen LogP contribution in [0.5, 0.6) is 0 Å². The fourth-order valence-corrected chi connectivity index (χ4v) is 2.23. The van der Waals surface area contributed by atoms with Crippen LogP contribution >= 0.6 is 0 Å². The van der Waals surface area contributed by atoms with Gasteiger partial charge in [0.05, 0.1) is 0 Å². The Morgan fingerprint density at radius 2 is 1.62 bits per heavy atom. The maximum atomic E-state index is 11.2. The highest BCUT2D eigenvalue weighted by Crippen LogP contribution is 2.32. The molecule has 1 N–H and O–H groups in total. The number of allylic oxidation sites excluding steroid dienone is 3. The van der Waals surface area contributed by atoms with Crippen LogP contribution < -0.4 is 0 Å². The molecule has 0 heterocycles. The van der Waals surface area contributed by atoms with E-state index in [1.807, 2.05) is 0 Å². The van der Waals surface area contributed by atoms with E-state index in [2.05, 4.69) is 27.7 Å². The molecule has 1 aliphatic carbocycles. The molecular weight excluding hydrogens is 200 g/mol. The van der Waals surface area contributed by atoms with Gasteiger partial charge >= 0.3 is 5.97 Å². The van der Waals surface area contributed by atoms with E-state index in [9.17, 15) is 9.90 Å². The Morgan fingerprint density at radius 3 is 2.06 bits per heavy atom. The molecule has 1 aliphatic rings. The molecule has 0 bridgehead atoms. The third-order valence-corrected chi connectivity index (χ3v) is 3.64. The quantitative estimate of drug-likeness (QED) is 0.785. The summed E-state index contributed by atoms with van der Waals surface area (Å²) in [6, 6.07) is 0. The molecule has 0 aromatic rings. The zero-order valence-electron chi connectivity index (χ0n) is 10.8. The molecule has 2 heteroatoms. The first-order chi connectivity index (χ1) is 7.45. The third kappa shape index (κ3) is 2.75. The molecule has 1 rings (SSSR count). The monoisotopic (exact) mass is 222 g/mol. The van der Waals surface area contributed by atoms with E-state index in [1.165, 1.54) is 11.1 Å². The summed E-state index contributed by atoms with van der Waals surface area (Å²) in [4.78, 5) is 11.2. The van der Waals surface area contributed by atoms with Crippen LogP contribution in [0.3, 0.4) is 0 Å². The molecule has 0 saturated carbocycles. The molecule has 90 valence electrons. The van der Waals surface area contributed by atoms with Gasteiger partial charge in [0.25, 0.3) is 0 Å². The van der Waals surface area contributed by atoms with Crippen LogP contribution in [0.2, 0.25) is 0 Å². The third-order valence-electron chi connectivity index (χ3n) is 3.64. The van der Waals surface area contributed by atoms with E-state index in [1.54, 1.807) is 0 Å². The second-order valence-electron chi connectivity index (χ2n) is 4.93. The van der Waals surface area contributed by atoms with Crippen LogP contribution in [0, 0.1) is 5.92 Å². The predicted octanol–water partition coefficient (Wildman–Crippen LogP) is 3.93. The summed E-state index contributed by atoms with van der Waals surface area (Å²) in [5.41, 5.74) is 4.25.